The van der Waals surface area contributed by atoms with E-state index in [1.54, 1.807) is 6.20 Å². The minimum absolute atomic E-state index is 0.113. The standard InChI is InChI=1S/C16H24N2O2/c1-12-11-17-9-8-13(12)14-7-5-6-10-18(14)15(19)20-16(2,3)4/h8-9,11,14H,5-7,10H2,1-4H3. The van der Waals surface area contributed by atoms with Crippen LogP contribution < -0.4 is 0 Å². The molecule has 0 bridgehead atoms. The Hall–Kier alpha value is -1.58. The zero-order chi connectivity index (χ0) is 14.8. The summed E-state index contributed by atoms with van der Waals surface area (Å²) in [7, 11) is 0. The first-order chi connectivity index (χ1) is 9.38. The number of carbonyl (C=O) groups excluding carboxylic acids is 1. The van der Waals surface area contributed by atoms with Crippen molar-refractivity contribution in [2.45, 2.75) is 58.6 Å². The zero-order valence-electron chi connectivity index (χ0n) is 12.8. The fourth-order valence-electron chi connectivity index (χ4n) is 2.65. The van der Waals surface area contributed by atoms with Gasteiger partial charge in [-0.05, 0) is 64.2 Å². The summed E-state index contributed by atoms with van der Waals surface area (Å²) in [6.45, 7) is 8.52. The van der Waals surface area contributed by atoms with Gasteiger partial charge in [-0.3, -0.25) is 4.98 Å². The highest BCUT2D eigenvalue weighted by Crippen LogP contribution is 2.33. The molecule has 1 unspecified atom stereocenters. The van der Waals surface area contributed by atoms with Gasteiger partial charge >= 0.3 is 6.09 Å². The van der Waals surface area contributed by atoms with Crippen molar-refractivity contribution >= 4 is 6.09 Å². The average Bonchev–Trinajstić information content (AvgIpc) is 2.37. The molecule has 2 rings (SSSR count). The molecule has 0 aromatic carbocycles. The molecule has 1 aromatic rings. The van der Waals surface area contributed by atoms with Gasteiger partial charge in [0.25, 0.3) is 0 Å². The Morgan fingerprint density at radius 3 is 2.80 bits per heavy atom. The zero-order valence-corrected chi connectivity index (χ0v) is 12.8. The Morgan fingerprint density at radius 2 is 2.15 bits per heavy atom. The van der Waals surface area contributed by atoms with Gasteiger partial charge in [-0.15, -0.1) is 0 Å². The van der Waals surface area contributed by atoms with Crippen molar-refractivity contribution in [3.63, 3.8) is 0 Å². The smallest absolute Gasteiger partial charge is 0.410 e. The van der Waals surface area contributed by atoms with E-state index in [2.05, 4.69) is 4.98 Å². The van der Waals surface area contributed by atoms with Crippen LogP contribution in [0.25, 0.3) is 0 Å². The van der Waals surface area contributed by atoms with Crippen molar-refractivity contribution in [2.24, 2.45) is 0 Å². The third-order valence-electron chi connectivity index (χ3n) is 3.55. The van der Waals surface area contributed by atoms with Gasteiger partial charge in [-0.1, -0.05) is 0 Å². The molecule has 1 fully saturated rings. The van der Waals surface area contributed by atoms with Crippen LogP contribution in [0.3, 0.4) is 0 Å². The van der Waals surface area contributed by atoms with Crippen LogP contribution in [0, 0.1) is 6.92 Å². The minimum Gasteiger partial charge on any atom is -0.444 e. The summed E-state index contributed by atoms with van der Waals surface area (Å²) < 4.78 is 5.54. The van der Waals surface area contributed by atoms with Crippen molar-refractivity contribution in [3.05, 3.63) is 29.6 Å². The number of aryl methyl sites for hydroxylation is 1. The number of likely N-dealkylation sites (tertiary alicyclic amines) is 1. The van der Waals surface area contributed by atoms with Crippen molar-refractivity contribution in [2.75, 3.05) is 6.54 Å². The van der Waals surface area contributed by atoms with E-state index in [0.29, 0.717) is 0 Å². The van der Waals surface area contributed by atoms with E-state index >= 15 is 0 Å². The van der Waals surface area contributed by atoms with E-state index < -0.39 is 5.60 Å². The lowest BCUT2D eigenvalue weighted by Gasteiger charge is -2.37. The lowest BCUT2D eigenvalue weighted by atomic mass is 9.94. The number of rotatable bonds is 1. The van der Waals surface area contributed by atoms with Crippen molar-refractivity contribution in [1.82, 2.24) is 9.88 Å². The van der Waals surface area contributed by atoms with E-state index in [0.717, 1.165) is 31.4 Å². The number of amides is 1. The minimum atomic E-state index is -0.452. The molecule has 1 aromatic heterocycles. The molecule has 0 aliphatic carbocycles. The Kier molecular flexibility index (Phi) is 4.31. The van der Waals surface area contributed by atoms with Crippen LogP contribution in [0.1, 0.15) is 57.2 Å². The van der Waals surface area contributed by atoms with E-state index in [1.165, 1.54) is 5.56 Å². The molecule has 0 N–H and O–H groups in total. The van der Waals surface area contributed by atoms with Crippen LogP contribution >= 0.6 is 0 Å². The van der Waals surface area contributed by atoms with Crippen LogP contribution in [0.5, 0.6) is 0 Å². The second-order valence-corrected chi connectivity index (χ2v) is 6.42. The summed E-state index contributed by atoms with van der Waals surface area (Å²) in [5, 5.41) is 0. The lowest BCUT2D eigenvalue weighted by Crippen LogP contribution is -2.42. The second-order valence-electron chi connectivity index (χ2n) is 6.42. The van der Waals surface area contributed by atoms with Crippen LogP contribution in [0.4, 0.5) is 4.79 Å². The van der Waals surface area contributed by atoms with Crippen LogP contribution in [-0.4, -0.2) is 28.1 Å². The number of aromatic nitrogens is 1. The summed E-state index contributed by atoms with van der Waals surface area (Å²) >= 11 is 0. The lowest BCUT2D eigenvalue weighted by molar-refractivity contribution is 0.00945. The molecule has 2 heterocycles. The Morgan fingerprint density at radius 1 is 1.40 bits per heavy atom. The second kappa shape index (κ2) is 5.81. The van der Waals surface area contributed by atoms with Crippen LogP contribution in [-0.2, 0) is 4.74 Å². The van der Waals surface area contributed by atoms with E-state index in [9.17, 15) is 4.79 Å². The first-order valence-corrected chi connectivity index (χ1v) is 7.28. The number of hydrogen-bond acceptors (Lipinski definition) is 3. The molecule has 0 spiro atoms. The fraction of sp³-hybridized carbons (Fsp3) is 0.625. The largest absolute Gasteiger partial charge is 0.444 e. The average molecular weight is 276 g/mol. The van der Waals surface area contributed by atoms with Gasteiger partial charge < -0.3 is 9.64 Å². The molecule has 1 aliphatic heterocycles. The van der Waals surface area contributed by atoms with Gasteiger partial charge in [0.2, 0.25) is 0 Å². The Labute approximate surface area is 121 Å². The predicted molar refractivity (Wildman–Crippen MR) is 78.5 cm³/mol. The first kappa shape index (κ1) is 14.8. The fourth-order valence-corrected chi connectivity index (χ4v) is 2.65. The molecule has 1 saturated heterocycles. The molecule has 110 valence electrons. The normalized spacial score (nSPS) is 19.8. The Balaban J connectivity index is 2.22. The van der Waals surface area contributed by atoms with Gasteiger partial charge in [-0.2, -0.15) is 0 Å². The monoisotopic (exact) mass is 276 g/mol. The number of piperidine rings is 1. The maximum Gasteiger partial charge on any atom is 0.410 e. The van der Waals surface area contributed by atoms with Crippen LogP contribution in [0.15, 0.2) is 18.5 Å². The van der Waals surface area contributed by atoms with Gasteiger partial charge in [0.15, 0.2) is 0 Å². The number of hydrogen-bond donors (Lipinski definition) is 0. The topological polar surface area (TPSA) is 42.4 Å². The molecular weight excluding hydrogens is 252 g/mol. The molecule has 0 saturated carbocycles. The molecule has 1 atom stereocenters. The first-order valence-electron chi connectivity index (χ1n) is 7.28. The summed E-state index contributed by atoms with van der Waals surface area (Å²) in [5.41, 5.74) is 1.87. The number of ether oxygens (including phenoxy) is 1. The molecule has 20 heavy (non-hydrogen) atoms. The van der Waals surface area contributed by atoms with E-state index in [-0.39, 0.29) is 12.1 Å². The third-order valence-corrected chi connectivity index (χ3v) is 3.55. The highest BCUT2D eigenvalue weighted by Gasteiger charge is 2.31. The molecule has 4 nitrogen and oxygen atoms in total. The molecular formula is C16H24N2O2. The summed E-state index contributed by atoms with van der Waals surface area (Å²) in [6, 6.07) is 2.13. The van der Waals surface area contributed by atoms with Gasteiger partial charge in [0.05, 0.1) is 6.04 Å². The summed E-state index contributed by atoms with van der Waals surface area (Å²) in [6.07, 6.45) is 6.62. The van der Waals surface area contributed by atoms with Crippen molar-refractivity contribution in [1.29, 1.82) is 0 Å². The highest BCUT2D eigenvalue weighted by molar-refractivity contribution is 5.69. The number of pyridine rings is 1. The van der Waals surface area contributed by atoms with Crippen molar-refractivity contribution in [3.8, 4) is 0 Å². The van der Waals surface area contributed by atoms with Gasteiger partial charge in [0, 0.05) is 18.9 Å². The highest BCUT2D eigenvalue weighted by atomic mass is 16.6. The molecule has 1 amide bonds. The van der Waals surface area contributed by atoms with Crippen molar-refractivity contribution < 1.29 is 9.53 Å². The van der Waals surface area contributed by atoms with E-state index in [4.69, 9.17) is 4.74 Å². The van der Waals surface area contributed by atoms with Crippen LogP contribution in [0.2, 0.25) is 0 Å². The van der Waals surface area contributed by atoms with Gasteiger partial charge in [-0.25, -0.2) is 4.79 Å². The maximum atomic E-state index is 12.4. The predicted octanol–water partition coefficient (Wildman–Crippen LogP) is 3.85. The quantitative estimate of drug-likeness (QED) is 0.782. The SMILES string of the molecule is Cc1cnccc1C1CCCCN1C(=O)OC(C)(C)C. The number of carbonyl (C=O) groups is 1. The summed E-state index contributed by atoms with van der Waals surface area (Å²) in [4.78, 5) is 18.4. The number of nitrogens with zero attached hydrogens (tertiary/aromatic N) is 2. The van der Waals surface area contributed by atoms with Gasteiger partial charge in [0.1, 0.15) is 5.60 Å². The molecule has 1 aliphatic rings. The molecule has 4 heteroatoms. The maximum absolute atomic E-state index is 12.4. The molecule has 0 radical (unpaired) electrons. The Bertz CT molecular complexity index is 480. The van der Waals surface area contributed by atoms with E-state index in [1.807, 2.05) is 44.9 Å². The third kappa shape index (κ3) is 3.50. The summed E-state index contributed by atoms with van der Waals surface area (Å²) in [5.74, 6) is 0.